The van der Waals surface area contributed by atoms with Gasteiger partial charge in [0, 0.05) is 17.3 Å². The van der Waals surface area contributed by atoms with Gasteiger partial charge in [-0.2, -0.15) is 0 Å². The van der Waals surface area contributed by atoms with E-state index >= 15 is 0 Å². The molecule has 3 aromatic rings. The molecule has 0 aliphatic rings. The van der Waals surface area contributed by atoms with Crippen LogP contribution in [0.1, 0.15) is 51.0 Å². The number of nitrogens with zero attached hydrogens (tertiary/aromatic N) is 2. The third-order valence-electron chi connectivity index (χ3n) is 4.44. The van der Waals surface area contributed by atoms with E-state index in [0.717, 1.165) is 17.7 Å². The van der Waals surface area contributed by atoms with Crippen molar-refractivity contribution < 1.29 is 14.3 Å². The van der Waals surface area contributed by atoms with Gasteiger partial charge in [0.05, 0.1) is 0 Å². The number of nitrogens with one attached hydrogen (secondary N) is 2. The molecule has 0 bridgehead atoms. The first-order chi connectivity index (χ1) is 14.4. The number of ether oxygens (including phenoxy) is 1. The summed E-state index contributed by atoms with van der Waals surface area (Å²) in [6.45, 7) is 6.22. The van der Waals surface area contributed by atoms with Gasteiger partial charge >= 0.3 is 0 Å². The predicted molar refractivity (Wildman–Crippen MR) is 117 cm³/mol. The summed E-state index contributed by atoms with van der Waals surface area (Å²) in [5.41, 5.74) is 2.27. The van der Waals surface area contributed by atoms with E-state index in [-0.39, 0.29) is 29.5 Å². The van der Waals surface area contributed by atoms with Gasteiger partial charge in [-0.15, -0.1) is 10.2 Å². The van der Waals surface area contributed by atoms with Gasteiger partial charge in [-0.25, -0.2) is 0 Å². The van der Waals surface area contributed by atoms with Gasteiger partial charge in [0.25, 0.3) is 11.8 Å². The molecule has 0 saturated carbocycles. The first-order valence-electron chi connectivity index (χ1n) is 9.68. The van der Waals surface area contributed by atoms with Gasteiger partial charge in [0.1, 0.15) is 12.4 Å². The highest BCUT2D eigenvalue weighted by molar-refractivity contribution is 7.13. The Labute approximate surface area is 179 Å². The van der Waals surface area contributed by atoms with E-state index in [4.69, 9.17) is 4.74 Å². The van der Waals surface area contributed by atoms with Crippen molar-refractivity contribution in [1.29, 1.82) is 0 Å². The Balaban J connectivity index is 1.54. The van der Waals surface area contributed by atoms with Crippen LogP contribution in [0.25, 0.3) is 0 Å². The van der Waals surface area contributed by atoms with Crippen LogP contribution in [0.4, 0.5) is 5.69 Å². The van der Waals surface area contributed by atoms with Crippen molar-refractivity contribution in [3.05, 3.63) is 69.7 Å². The summed E-state index contributed by atoms with van der Waals surface area (Å²) < 4.78 is 5.67. The molecule has 30 heavy (non-hydrogen) atoms. The molecule has 3 rings (SSSR count). The Morgan fingerprint density at radius 1 is 1.03 bits per heavy atom. The number of anilines is 1. The second-order valence-electron chi connectivity index (χ2n) is 6.92. The van der Waals surface area contributed by atoms with Gasteiger partial charge in [-0.3, -0.25) is 9.59 Å². The van der Waals surface area contributed by atoms with Gasteiger partial charge < -0.3 is 15.4 Å². The van der Waals surface area contributed by atoms with E-state index in [9.17, 15) is 9.59 Å². The fourth-order valence-electron chi connectivity index (χ4n) is 2.48. The average molecular weight is 425 g/mol. The largest absolute Gasteiger partial charge is 0.486 e. The van der Waals surface area contributed by atoms with Crippen LogP contribution in [0.5, 0.6) is 5.75 Å². The zero-order valence-corrected chi connectivity index (χ0v) is 18.0. The molecule has 2 amide bonds. The Bertz CT molecular complexity index is 1000. The maximum Gasteiger partial charge on any atom is 0.286 e. The normalized spacial score (nSPS) is 11.6. The first kappa shape index (κ1) is 21.4. The van der Waals surface area contributed by atoms with E-state index in [1.54, 1.807) is 24.3 Å². The second-order valence-corrected chi connectivity index (χ2v) is 7.98. The number of hydrogen-bond donors (Lipinski definition) is 2. The molecule has 2 aromatic carbocycles. The Kier molecular flexibility index (Phi) is 7.13. The zero-order valence-electron chi connectivity index (χ0n) is 17.1. The van der Waals surface area contributed by atoms with Crippen molar-refractivity contribution in [2.75, 3.05) is 5.32 Å². The topological polar surface area (TPSA) is 93.2 Å². The minimum absolute atomic E-state index is 0.110. The van der Waals surface area contributed by atoms with Crippen molar-refractivity contribution >= 4 is 28.8 Å². The number of hydrogen-bond acceptors (Lipinski definition) is 6. The van der Waals surface area contributed by atoms with Gasteiger partial charge in [0.15, 0.2) is 5.01 Å². The molecule has 0 aliphatic heterocycles. The summed E-state index contributed by atoms with van der Waals surface area (Å²) in [5.74, 6) is 0.245. The van der Waals surface area contributed by atoms with Crippen LogP contribution in [0.2, 0.25) is 0 Å². The highest BCUT2D eigenvalue weighted by atomic mass is 32.1. The number of carbonyl (C=O) groups excluding carboxylic acids is 2. The Hall–Kier alpha value is -3.26. The van der Waals surface area contributed by atoms with Crippen LogP contribution in [0.15, 0.2) is 48.5 Å². The molecular formula is C22H24N4O3S. The second kappa shape index (κ2) is 9.98. The molecule has 1 unspecified atom stereocenters. The van der Waals surface area contributed by atoms with Crippen molar-refractivity contribution in [2.24, 2.45) is 0 Å². The molecule has 0 spiro atoms. The Morgan fingerprint density at radius 2 is 1.73 bits per heavy atom. The molecule has 1 aromatic heterocycles. The number of aryl methyl sites for hydroxylation is 1. The minimum atomic E-state index is -0.356. The summed E-state index contributed by atoms with van der Waals surface area (Å²) in [4.78, 5) is 24.5. The zero-order chi connectivity index (χ0) is 21.5. The number of rotatable bonds is 8. The summed E-state index contributed by atoms with van der Waals surface area (Å²) in [7, 11) is 0. The molecule has 7 nitrogen and oxygen atoms in total. The maximum absolute atomic E-state index is 12.4. The highest BCUT2D eigenvalue weighted by Crippen LogP contribution is 2.17. The standard InChI is InChI=1S/C22H24N4O3S/c1-4-15(3)23-20(27)16-7-9-17(10-8-16)24-21(28)22-26-25-19(30-22)13-29-18-11-5-14(2)6-12-18/h5-12,15H,4,13H2,1-3H3,(H,23,27)(H,24,28). The molecule has 0 saturated heterocycles. The molecule has 8 heteroatoms. The third-order valence-corrected chi connectivity index (χ3v) is 5.33. The van der Waals surface area contributed by atoms with Crippen LogP contribution >= 0.6 is 11.3 Å². The number of carbonyl (C=O) groups is 2. The van der Waals surface area contributed by atoms with Crippen LogP contribution in [0, 0.1) is 6.92 Å². The van der Waals surface area contributed by atoms with Gasteiger partial charge in [0.2, 0.25) is 5.01 Å². The molecule has 0 aliphatic carbocycles. The predicted octanol–water partition coefficient (Wildman–Crippen LogP) is 4.21. The van der Waals surface area contributed by atoms with E-state index in [0.29, 0.717) is 16.3 Å². The van der Waals surface area contributed by atoms with Crippen molar-refractivity contribution in [3.8, 4) is 5.75 Å². The first-order valence-corrected chi connectivity index (χ1v) is 10.5. The van der Waals surface area contributed by atoms with E-state index in [2.05, 4.69) is 20.8 Å². The van der Waals surface area contributed by atoms with Crippen molar-refractivity contribution in [1.82, 2.24) is 15.5 Å². The summed E-state index contributed by atoms with van der Waals surface area (Å²) in [6.07, 6.45) is 0.861. The van der Waals surface area contributed by atoms with E-state index in [1.165, 1.54) is 11.3 Å². The molecule has 1 heterocycles. The molecule has 156 valence electrons. The lowest BCUT2D eigenvalue weighted by Gasteiger charge is -2.11. The quantitative estimate of drug-likeness (QED) is 0.565. The number of benzene rings is 2. The summed E-state index contributed by atoms with van der Waals surface area (Å²) in [5, 5.41) is 14.5. The summed E-state index contributed by atoms with van der Waals surface area (Å²) >= 11 is 1.18. The van der Waals surface area contributed by atoms with E-state index in [1.807, 2.05) is 45.0 Å². The van der Waals surface area contributed by atoms with Crippen LogP contribution in [-0.4, -0.2) is 28.1 Å². The van der Waals surface area contributed by atoms with Crippen molar-refractivity contribution in [3.63, 3.8) is 0 Å². The van der Waals surface area contributed by atoms with Crippen LogP contribution in [-0.2, 0) is 6.61 Å². The smallest absolute Gasteiger partial charge is 0.286 e. The summed E-state index contributed by atoms with van der Waals surface area (Å²) in [6, 6.07) is 14.5. The minimum Gasteiger partial charge on any atom is -0.486 e. The maximum atomic E-state index is 12.4. The fraction of sp³-hybridized carbons (Fsp3) is 0.273. The van der Waals surface area contributed by atoms with Crippen LogP contribution in [0.3, 0.4) is 0 Å². The van der Waals surface area contributed by atoms with Crippen LogP contribution < -0.4 is 15.4 Å². The highest BCUT2D eigenvalue weighted by Gasteiger charge is 2.14. The lowest BCUT2D eigenvalue weighted by atomic mass is 10.1. The molecular weight excluding hydrogens is 400 g/mol. The molecule has 0 radical (unpaired) electrons. The van der Waals surface area contributed by atoms with Gasteiger partial charge in [-0.1, -0.05) is 36.0 Å². The van der Waals surface area contributed by atoms with E-state index < -0.39 is 0 Å². The van der Waals surface area contributed by atoms with Gasteiger partial charge in [-0.05, 0) is 56.7 Å². The molecule has 2 N–H and O–H groups in total. The molecule has 0 fully saturated rings. The lowest BCUT2D eigenvalue weighted by molar-refractivity contribution is 0.0938. The third kappa shape index (κ3) is 5.87. The fourth-order valence-corrected chi connectivity index (χ4v) is 3.13. The average Bonchev–Trinajstić information content (AvgIpc) is 3.23. The monoisotopic (exact) mass is 424 g/mol. The number of amides is 2. The Morgan fingerprint density at radius 3 is 2.40 bits per heavy atom. The molecule has 1 atom stereocenters. The lowest BCUT2D eigenvalue weighted by Crippen LogP contribution is -2.31. The van der Waals surface area contributed by atoms with Crippen molar-refractivity contribution in [2.45, 2.75) is 39.8 Å². The SMILES string of the molecule is CCC(C)NC(=O)c1ccc(NC(=O)c2nnc(COc3ccc(C)cc3)s2)cc1. The number of aromatic nitrogens is 2.